The first-order valence-electron chi connectivity index (χ1n) is 16.6. The van der Waals surface area contributed by atoms with Crippen molar-refractivity contribution in [1.82, 2.24) is 18.3 Å². The summed E-state index contributed by atoms with van der Waals surface area (Å²) >= 11 is 0. The van der Waals surface area contributed by atoms with Crippen molar-refractivity contribution in [3.05, 3.63) is 119 Å². The minimum absolute atomic E-state index is 0.256. The number of fused-ring (bicyclic) bond motifs is 4. The molecular weight excluding hydrogens is 601 g/mol. The molecule has 0 spiro atoms. The van der Waals surface area contributed by atoms with Crippen molar-refractivity contribution in [1.29, 1.82) is 0 Å². The maximum absolute atomic E-state index is 14.5. The third kappa shape index (κ3) is 6.13. The van der Waals surface area contributed by atoms with Gasteiger partial charge in [0.2, 0.25) is 0 Å². The van der Waals surface area contributed by atoms with Gasteiger partial charge in [0, 0.05) is 41.0 Å². The normalized spacial score (nSPS) is 18.3. The second-order valence-electron chi connectivity index (χ2n) is 14.0. The molecule has 0 radical (unpaired) electrons. The van der Waals surface area contributed by atoms with Crippen molar-refractivity contribution in [2.24, 2.45) is 0 Å². The lowest BCUT2D eigenvalue weighted by Crippen LogP contribution is -2.23. The molecule has 1 unspecified atom stereocenters. The number of hydrogen-bond donors (Lipinski definition) is 0. The Morgan fingerprint density at radius 3 is 1.98 bits per heavy atom. The molecule has 246 valence electrons. The van der Waals surface area contributed by atoms with Gasteiger partial charge in [-0.05, 0) is 110 Å². The number of aromatic nitrogens is 2. The Bertz CT molecular complexity index is 2080. The predicted molar refractivity (Wildman–Crippen MR) is 197 cm³/mol. The van der Waals surface area contributed by atoms with E-state index >= 15 is 0 Å². The van der Waals surface area contributed by atoms with Crippen molar-refractivity contribution in [3.8, 4) is 0 Å². The summed E-state index contributed by atoms with van der Waals surface area (Å²) < 4.78 is 33.1. The third-order valence-electron chi connectivity index (χ3n) is 9.53. The Hall–Kier alpha value is -3.91. The van der Waals surface area contributed by atoms with E-state index in [0.29, 0.717) is 5.52 Å². The van der Waals surface area contributed by atoms with E-state index in [1.807, 2.05) is 24.3 Å². The molecule has 0 fully saturated rings. The Morgan fingerprint density at radius 1 is 0.809 bits per heavy atom. The van der Waals surface area contributed by atoms with Crippen LogP contribution in [-0.4, -0.2) is 68.0 Å². The molecule has 0 saturated carbocycles. The van der Waals surface area contributed by atoms with Crippen molar-refractivity contribution < 1.29 is 8.42 Å². The number of allylic oxidation sites excluding steroid dienone is 3. The van der Waals surface area contributed by atoms with Gasteiger partial charge in [-0.1, -0.05) is 72.3 Å². The predicted octanol–water partition coefficient (Wildman–Crippen LogP) is 7.92. The molecule has 0 aliphatic carbocycles. The number of benzene rings is 3. The van der Waals surface area contributed by atoms with Gasteiger partial charge in [0.15, 0.2) is 0 Å². The molecule has 0 amide bonds. The fourth-order valence-electron chi connectivity index (χ4n) is 7.46. The molecule has 3 heterocycles. The molecule has 1 aliphatic rings. The van der Waals surface area contributed by atoms with Crippen LogP contribution in [0.3, 0.4) is 0 Å². The maximum Gasteiger partial charge on any atom is 0.268 e. The summed E-state index contributed by atoms with van der Waals surface area (Å²) in [6.07, 6.45) is 9.41. The molecule has 0 bridgehead atoms. The van der Waals surface area contributed by atoms with Gasteiger partial charge in [-0.25, -0.2) is 12.4 Å². The van der Waals surface area contributed by atoms with Gasteiger partial charge in [0.1, 0.15) is 0 Å². The summed E-state index contributed by atoms with van der Waals surface area (Å²) in [5.41, 5.74) is 7.46. The molecule has 3 aromatic carbocycles. The quantitative estimate of drug-likeness (QED) is 0.137. The van der Waals surface area contributed by atoms with Gasteiger partial charge in [0.05, 0.1) is 21.6 Å². The highest BCUT2D eigenvalue weighted by Gasteiger charge is 2.41. The number of likely N-dealkylation sites (N-methyl/N-ethyl adjacent to an activating group) is 2. The topological polar surface area (TPSA) is 50.5 Å². The summed E-state index contributed by atoms with van der Waals surface area (Å²) in [5, 5.41) is 2.29. The second-order valence-corrected chi connectivity index (χ2v) is 15.8. The molecule has 5 aromatic rings. The van der Waals surface area contributed by atoms with Gasteiger partial charge >= 0.3 is 0 Å². The van der Waals surface area contributed by atoms with E-state index in [1.165, 1.54) is 27.7 Å². The average Bonchev–Trinajstić information content (AvgIpc) is 3.64. The van der Waals surface area contributed by atoms with E-state index in [4.69, 9.17) is 0 Å². The van der Waals surface area contributed by atoms with Crippen LogP contribution in [0.15, 0.2) is 101 Å². The van der Waals surface area contributed by atoms with Crippen LogP contribution in [0.5, 0.6) is 0 Å². The maximum atomic E-state index is 14.5. The Morgan fingerprint density at radius 2 is 1.36 bits per heavy atom. The minimum Gasteiger partial charge on any atom is -0.334 e. The fourth-order valence-corrected chi connectivity index (χ4v) is 9.02. The number of hydrogen-bond acceptors (Lipinski definition) is 4. The van der Waals surface area contributed by atoms with Gasteiger partial charge in [-0.15, -0.1) is 0 Å². The lowest BCUT2D eigenvalue weighted by molar-refractivity contribution is 0.413. The number of nitrogens with zero attached hydrogens (tertiary/aromatic N) is 4. The lowest BCUT2D eigenvalue weighted by atomic mass is 9.88. The van der Waals surface area contributed by atoms with E-state index in [9.17, 15) is 8.42 Å². The van der Waals surface area contributed by atoms with Crippen molar-refractivity contribution in [2.45, 2.75) is 56.4 Å². The average molecular weight is 649 g/mol. The summed E-state index contributed by atoms with van der Waals surface area (Å²) in [6, 6.07) is 25.5. The van der Waals surface area contributed by atoms with Gasteiger partial charge in [-0.2, -0.15) is 0 Å². The van der Waals surface area contributed by atoms with Crippen LogP contribution in [-0.2, 0) is 28.4 Å². The van der Waals surface area contributed by atoms with E-state index in [1.54, 1.807) is 28.2 Å². The van der Waals surface area contributed by atoms with Crippen molar-refractivity contribution in [3.63, 3.8) is 0 Å². The summed E-state index contributed by atoms with van der Waals surface area (Å²) in [6.45, 7) is 8.46. The first-order valence-corrected chi connectivity index (χ1v) is 18.1. The minimum atomic E-state index is -3.88. The molecular formula is C40H48N4O2S. The molecule has 0 N–H and O–H groups in total. The highest BCUT2D eigenvalue weighted by atomic mass is 32.2. The molecule has 2 atom stereocenters. The molecule has 7 heteroatoms. The Labute approximate surface area is 280 Å². The molecule has 6 rings (SSSR count). The molecule has 47 heavy (non-hydrogen) atoms. The third-order valence-corrected chi connectivity index (χ3v) is 11.3. The fraction of sp³-hybridized carbons (Fsp3) is 0.350. The van der Waals surface area contributed by atoms with Crippen LogP contribution in [0.4, 0.5) is 0 Å². The molecule has 6 nitrogen and oxygen atoms in total. The molecule has 0 saturated heterocycles. The van der Waals surface area contributed by atoms with Gasteiger partial charge < -0.3 is 14.4 Å². The van der Waals surface area contributed by atoms with Crippen molar-refractivity contribution >= 4 is 37.9 Å². The summed E-state index contributed by atoms with van der Waals surface area (Å²) in [4.78, 5) is 4.69. The highest BCUT2D eigenvalue weighted by Crippen LogP contribution is 2.49. The highest BCUT2D eigenvalue weighted by molar-refractivity contribution is 7.90. The first-order chi connectivity index (χ1) is 22.4. The van der Waals surface area contributed by atoms with Crippen LogP contribution in [0, 0.1) is 0 Å². The molecule has 2 aromatic heterocycles. The van der Waals surface area contributed by atoms with E-state index in [2.05, 4.69) is 112 Å². The Balaban J connectivity index is 1.59. The van der Waals surface area contributed by atoms with E-state index < -0.39 is 10.0 Å². The first kappa shape index (κ1) is 33.0. The standard InChI is InChI=1S/C40H48N4O2S/c1-29(2)27-30-28-40(3,43-36-19-13-11-18-33(36)35(39(30)43)23-26-42(6)7)24-21-38-34(22-25-41(4)5)32-17-12-14-20-37(32)44(38)47(45,46)31-15-9-8-10-16-31/h8-21,24,27,30H,22-23,25-26,28H2,1-7H3/b24-21+/t30-,40?/m0/s1. The number of rotatable bonds is 11. The zero-order valence-corrected chi connectivity index (χ0v) is 29.7. The molecule has 1 aliphatic heterocycles. The van der Waals surface area contributed by atoms with Gasteiger partial charge in [0.25, 0.3) is 10.0 Å². The zero-order valence-electron chi connectivity index (χ0n) is 28.9. The van der Waals surface area contributed by atoms with Crippen LogP contribution < -0.4 is 0 Å². The summed E-state index contributed by atoms with van der Waals surface area (Å²) in [5.74, 6) is 0.256. The van der Waals surface area contributed by atoms with Crippen LogP contribution >= 0.6 is 0 Å². The SMILES string of the molecule is CC(C)=C[C@H]1CC(C)(/C=C/c2c(CCN(C)C)c3ccccc3n2S(=O)(=O)c2ccccc2)n2c1c(CCN(C)C)c1ccccc12. The Kier molecular flexibility index (Phi) is 9.09. The van der Waals surface area contributed by atoms with Crippen molar-refractivity contribution in [2.75, 3.05) is 41.3 Å². The van der Waals surface area contributed by atoms with E-state index in [-0.39, 0.29) is 16.4 Å². The second kappa shape index (κ2) is 12.9. The van der Waals surface area contributed by atoms with Crippen LogP contribution in [0.2, 0.25) is 0 Å². The lowest BCUT2D eigenvalue weighted by Gasteiger charge is -2.25. The number of para-hydroxylation sites is 2. The van der Waals surface area contributed by atoms with Gasteiger partial charge in [-0.3, -0.25) is 0 Å². The largest absolute Gasteiger partial charge is 0.334 e. The summed E-state index contributed by atoms with van der Waals surface area (Å²) in [7, 11) is 4.51. The smallest absolute Gasteiger partial charge is 0.268 e. The zero-order chi connectivity index (χ0) is 33.5. The van der Waals surface area contributed by atoms with E-state index in [0.717, 1.165) is 49.0 Å². The monoisotopic (exact) mass is 648 g/mol. The van der Waals surface area contributed by atoms with Crippen LogP contribution in [0.25, 0.3) is 27.9 Å². The van der Waals surface area contributed by atoms with Crippen LogP contribution in [0.1, 0.15) is 55.6 Å².